The van der Waals surface area contributed by atoms with Crippen LogP contribution in [-0.4, -0.2) is 11.6 Å². The highest BCUT2D eigenvalue weighted by atomic mass is 16.1. The van der Waals surface area contributed by atoms with Gasteiger partial charge in [0.05, 0.1) is 0 Å². The zero-order valence-electron chi connectivity index (χ0n) is 10.8. The molecule has 0 saturated heterocycles. The molecule has 90 valence electrons. The van der Waals surface area contributed by atoms with Gasteiger partial charge in [-0.15, -0.1) is 0 Å². The maximum Gasteiger partial charge on any atom is 0.255 e. The van der Waals surface area contributed by atoms with Crippen LogP contribution >= 0.6 is 0 Å². The second kappa shape index (κ2) is 5.85. The third-order valence-electron chi connectivity index (χ3n) is 2.92. The molecule has 1 aromatic heterocycles. The monoisotopic (exact) mass is 222 g/mol. The molecule has 0 unspecified atom stereocenters. The average molecular weight is 222 g/mol. The molecular formula is C13H22N2O. The fourth-order valence-corrected chi connectivity index (χ4v) is 1.96. The quantitative estimate of drug-likeness (QED) is 0.826. The molecule has 16 heavy (non-hydrogen) atoms. The number of aryl methyl sites for hydroxylation is 2. The largest absolute Gasteiger partial charge is 0.315 e. The molecule has 1 rings (SSSR count). The summed E-state index contributed by atoms with van der Waals surface area (Å²) < 4.78 is 1.89. The van der Waals surface area contributed by atoms with Gasteiger partial charge in [0.2, 0.25) is 0 Å². The number of rotatable bonds is 5. The number of nitrogens with one attached hydrogen (secondary N) is 1. The molecule has 0 bridgehead atoms. The lowest BCUT2D eigenvalue weighted by Gasteiger charge is -2.14. The van der Waals surface area contributed by atoms with Crippen LogP contribution in [0.4, 0.5) is 0 Å². The summed E-state index contributed by atoms with van der Waals surface area (Å²) >= 11 is 0. The van der Waals surface area contributed by atoms with E-state index in [4.69, 9.17) is 0 Å². The van der Waals surface area contributed by atoms with E-state index in [1.165, 1.54) is 0 Å². The highest BCUT2D eigenvalue weighted by Gasteiger charge is 2.08. The Labute approximate surface area is 97.5 Å². The summed E-state index contributed by atoms with van der Waals surface area (Å²) in [6.45, 7) is 7.64. The Kier molecular flexibility index (Phi) is 4.74. The van der Waals surface area contributed by atoms with Crippen molar-refractivity contribution in [2.24, 2.45) is 0 Å². The lowest BCUT2D eigenvalue weighted by atomic mass is 10.1. The van der Waals surface area contributed by atoms with E-state index in [0.717, 1.165) is 36.2 Å². The maximum atomic E-state index is 12.2. The van der Waals surface area contributed by atoms with Crippen molar-refractivity contribution in [1.82, 2.24) is 9.88 Å². The summed E-state index contributed by atoms with van der Waals surface area (Å²) in [6, 6.07) is 2.10. The van der Waals surface area contributed by atoms with Crippen molar-refractivity contribution >= 4 is 0 Å². The van der Waals surface area contributed by atoms with Gasteiger partial charge >= 0.3 is 0 Å². The summed E-state index contributed by atoms with van der Waals surface area (Å²) in [5.74, 6) is 0. The van der Waals surface area contributed by atoms with Crippen LogP contribution in [0.25, 0.3) is 0 Å². The Morgan fingerprint density at radius 1 is 1.38 bits per heavy atom. The van der Waals surface area contributed by atoms with Crippen molar-refractivity contribution < 1.29 is 0 Å². The first-order valence-corrected chi connectivity index (χ1v) is 5.96. The van der Waals surface area contributed by atoms with Crippen LogP contribution < -0.4 is 10.9 Å². The molecule has 0 aliphatic carbocycles. The number of hydrogen-bond acceptors (Lipinski definition) is 2. The van der Waals surface area contributed by atoms with Crippen LogP contribution in [-0.2, 0) is 13.1 Å². The van der Waals surface area contributed by atoms with Crippen molar-refractivity contribution in [2.45, 2.75) is 46.7 Å². The Hall–Kier alpha value is -1.09. The molecule has 0 radical (unpaired) electrons. The normalized spacial score (nSPS) is 10.8. The first-order chi connectivity index (χ1) is 7.61. The van der Waals surface area contributed by atoms with E-state index in [1.54, 1.807) is 0 Å². The van der Waals surface area contributed by atoms with Crippen LogP contribution in [0.5, 0.6) is 0 Å². The molecule has 1 N–H and O–H groups in total. The molecule has 1 heterocycles. The van der Waals surface area contributed by atoms with E-state index < -0.39 is 0 Å². The van der Waals surface area contributed by atoms with E-state index >= 15 is 0 Å². The Balaban J connectivity index is 3.17. The van der Waals surface area contributed by atoms with Gasteiger partial charge in [0.25, 0.3) is 5.56 Å². The molecule has 0 fully saturated rings. The van der Waals surface area contributed by atoms with Gasteiger partial charge < -0.3 is 9.88 Å². The van der Waals surface area contributed by atoms with Crippen LogP contribution in [0, 0.1) is 13.8 Å². The van der Waals surface area contributed by atoms with Gasteiger partial charge in [0.15, 0.2) is 0 Å². The van der Waals surface area contributed by atoms with E-state index in [2.05, 4.69) is 18.3 Å². The smallest absolute Gasteiger partial charge is 0.255 e. The van der Waals surface area contributed by atoms with Crippen LogP contribution in [0.1, 0.15) is 36.6 Å². The van der Waals surface area contributed by atoms with Gasteiger partial charge in [-0.25, -0.2) is 0 Å². The van der Waals surface area contributed by atoms with Crippen LogP contribution in [0.15, 0.2) is 10.9 Å². The van der Waals surface area contributed by atoms with E-state index in [0.29, 0.717) is 6.54 Å². The number of unbranched alkanes of at least 4 members (excludes halogenated alkanes) is 1. The molecule has 3 heteroatoms. The predicted molar refractivity (Wildman–Crippen MR) is 67.8 cm³/mol. The Bertz CT molecular complexity index is 407. The highest BCUT2D eigenvalue weighted by Crippen LogP contribution is 2.07. The van der Waals surface area contributed by atoms with Crippen LogP contribution in [0.2, 0.25) is 0 Å². The molecule has 0 saturated carbocycles. The molecule has 0 aliphatic rings. The summed E-state index contributed by atoms with van der Waals surface area (Å²) in [4.78, 5) is 12.2. The fraction of sp³-hybridized carbons (Fsp3) is 0.615. The molecule has 3 nitrogen and oxygen atoms in total. The van der Waals surface area contributed by atoms with Gasteiger partial charge in [-0.3, -0.25) is 4.79 Å². The van der Waals surface area contributed by atoms with Gasteiger partial charge in [-0.2, -0.15) is 0 Å². The molecular weight excluding hydrogens is 200 g/mol. The minimum Gasteiger partial charge on any atom is -0.315 e. The minimum atomic E-state index is 0.167. The summed E-state index contributed by atoms with van der Waals surface area (Å²) in [7, 11) is 1.87. The third kappa shape index (κ3) is 2.73. The zero-order valence-corrected chi connectivity index (χ0v) is 10.8. The first kappa shape index (κ1) is 13.0. The SMILES string of the molecule is CCCCn1c(C)cc(C)c(CNC)c1=O. The number of aromatic nitrogens is 1. The van der Waals surface area contributed by atoms with Gasteiger partial charge in [0.1, 0.15) is 0 Å². The minimum absolute atomic E-state index is 0.167. The molecule has 0 spiro atoms. The van der Waals surface area contributed by atoms with Crippen molar-refractivity contribution in [2.75, 3.05) is 7.05 Å². The topological polar surface area (TPSA) is 34.0 Å². The average Bonchev–Trinajstić information content (AvgIpc) is 2.24. The highest BCUT2D eigenvalue weighted by molar-refractivity contribution is 5.26. The second-order valence-electron chi connectivity index (χ2n) is 4.29. The predicted octanol–water partition coefficient (Wildman–Crippen LogP) is 1.98. The molecule has 1 aromatic rings. The fourth-order valence-electron chi connectivity index (χ4n) is 1.96. The van der Waals surface area contributed by atoms with Crippen molar-refractivity contribution in [3.63, 3.8) is 0 Å². The maximum absolute atomic E-state index is 12.2. The summed E-state index contributed by atoms with van der Waals surface area (Å²) in [5.41, 5.74) is 3.21. The molecule has 0 aromatic carbocycles. The first-order valence-electron chi connectivity index (χ1n) is 5.96. The van der Waals surface area contributed by atoms with Gasteiger partial charge in [-0.1, -0.05) is 13.3 Å². The lowest BCUT2D eigenvalue weighted by Crippen LogP contribution is -2.29. The lowest BCUT2D eigenvalue weighted by molar-refractivity contribution is 0.589. The van der Waals surface area contributed by atoms with E-state index in [9.17, 15) is 4.79 Å². The number of hydrogen-bond donors (Lipinski definition) is 1. The van der Waals surface area contributed by atoms with Gasteiger partial charge in [-0.05, 0) is 38.9 Å². The van der Waals surface area contributed by atoms with Crippen molar-refractivity contribution in [1.29, 1.82) is 0 Å². The molecule has 0 atom stereocenters. The number of pyridine rings is 1. The summed E-state index contributed by atoms with van der Waals surface area (Å²) in [6.07, 6.45) is 2.17. The second-order valence-corrected chi connectivity index (χ2v) is 4.29. The number of nitrogens with zero attached hydrogens (tertiary/aromatic N) is 1. The summed E-state index contributed by atoms with van der Waals surface area (Å²) in [5, 5.41) is 3.06. The van der Waals surface area contributed by atoms with Crippen molar-refractivity contribution in [3.8, 4) is 0 Å². The Morgan fingerprint density at radius 2 is 2.06 bits per heavy atom. The Morgan fingerprint density at radius 3 is 2.62 bits per heavy atom. The third-order valence-corrected chi connectivity index (χ3v) is 2.92. The standard InChI is InChI=1S/C13H22N2O/c1-5-6-7-15-11(3)8-10(2)12(9-14-4)13(15)16/h8,14H,5-7,9H2,1-4H3. The van der Waals surface area contributed by atoms with Crippen LogP contribution in [0.3, 0.4) is 0 Å². The molecule has 0 amide bonds. The van der Waals surface area contributed by atoms with E-state index in [-0.39, 0.29) is 5.56 Å². The van der Waals surface area contributed by atoms with Gasteiger partial charge in [0, 0.05) is 24.3 Å². The van der Waals surface area contributed by atoms with Crippen molar-refractivity contribution in [3.05, 3.63) is 33.2 Å². The molecule has 0 aliphatic heterocycles. The zero-order chi connectivity index (χ0) is 12.1. The van der Waals surface area contributed by atoms with E-state index in [1.807, 2.05) is 25.5 Å².